The van der Waals surface area contributed by atoms with E-state index in [1.54, 1.807) is 24.3 Å². The number of anilines is 1. The SMILES string of the molecule is COC(=O)c1cccc(NC(=O)N2Cc3c(C)nn(-c4ccccc4)c3-n3cccc3[C@H]2c2cccc(C)c2)c1. The van der Waals surface area contributed by atoms with Crippen molar-refractivity contribution >= 4 is 17.7 Å². The topological polar surface area (TPSA) is 81.4 Å². The molecule has 8 nitrogen and oxygen atoms in total. The number of fused-ring (bicyclic) bond motifs is 3. The zero-order chi connectivity index (χ0) is 27.8. The molecule has 0 saturated carbocycles. The summed E-state index contributed by atoms with van der Waals surface area (Å²) >= 11 is 0. The number of nitrogens with one attached hydrogen (secondary N) is 1. The molecule has 6 rings (SSSR count). The van der Waals surface area contributed by atoms with Gasteiger partial charge < -0.3 is 19.5 Å². The minimum atomic E-state index is -0.463. The number of esters is 1. The van der Waals surface area contributed by atoms with Gasteiger partial charge in [-0.3, -0.25) is 0 Å². The summed E-state index contributed by atoms with van der Waals surface area (Å²) in [5.41, 5.74) is 6.66. The highest BCUT2D eigenvalue weighted by molar-refractivity contribution is 5.94. The molecular formula is C32H29N5O3. The van der Waals surface area contributed by atoms with Crippen LogP contribution in [0.25, 0.3) is 11.5 Å². The molecule has 0 saturated heterocycles. The number of ether oxygens (including phenoxy) is 1. The van der Waals surface area contributed by atoms with Crippen LogP contribution in [-0.2, 0) is 11.3 Å². The molecule has 1 aliphatic heterocycles. The van der Waals surface area contributed by atoms with Gasteiger partial charge in [0, 0.05) is 17.4 Å². The molecule has 0 unspecified atom stereocenters. The van der Waals surface area contributed by atoms with Gasteiger partial charge in [0.15, 0.2) is 0 Å². The first kappa shape index (κ1) is 25.2. The molecule has 8 heteroatoms. The van der Waals surface area contributed by atoms with Gasteiger partial charge in [0.1, 0.15) is 5.82 Å². The third-order valence-corrected chi connectivity index (χ3v) is 7.24. The van der Waals surface area contributed by atoms with Crippen LogP contribution in [-0.4, -0.2) is 38.4 Å². The van der Waals surface area contributed by atoms with E-state index in [0.29, 0.717) is 17.8 Å². The first-order chi connectivity index (χ1) is 19.4. The van der Waals surface area contributed by atoms with Gasteiger partial charge in [0.25, 0.3) is 0 Å². The molecule has 1 atom stereocenters. The molecular weight excluding hydrogens is 502 g/mol. The number of hydrogen-bond donors (Lipinski definition) is 1. The number of carbonyl (C=O) groups excluding carboxylic acids is 2. The second-order valence-corrected chi connectivity index (χ2v) is 9.89. The van der Waals surface area contributed by atoms with Gasteiger partial charge in [0.05, 0.1) is 42.3 Å². The van der Waals surface area contributed by atoms with Gasteiger partial charge in [-0.25, -0.2) is 14.3 Å². The molecule has 40 heavy (non-hydrogen) atoms. The van der Waals surface area contributed by atoms with E-state index in [4.69, 9.17) is 9.84 Å². The zero-order valence-corrected chi connectivity index (χ0v) is 22.5. The van der Waals surface area contributed by atoms with Gasteiger partial charge in [-0.1, -0.05) is 54.1 Å². The zero-order valence-electron chi connectivity index (χ0n) is 22.5. The molecule has 3 heterocycles. The fraction of sp³-hybridized carbons (Fsp3) is 0.156. The van der Waals surface area contributed by atoms with Crippen molar-refractivity contribution in [2.24, 2.45) is 0 Å². The Hall–Kier alpha value is -5.11. The van der Waals surface area contributed by atoms with E-state index in [2.05, 4.69) is 28.1 Å². The number of hydrogen-bond acceptors (Lipinski definition) is 4. The Morgan fingerprint density at radius 3 is 2.50 bits per heavy atom. The van der Waals surface area contributed by atoms with Crippen LogP contribution < -0.4 is 5.32 Å². The summed E-state index contributed by atoms with van der Waals surface area (Å²) in [7, 11) is 1.34. The first-order valence-electron chi connectivity index (χ1n) is 13.1. The summed E-state index contributed by atoms with van der Waals surface area (Å²) in [5, 5.41) is 7.93. The van der Waals surface area contributed by atoms with Crippen LogP contribution in [0.4, 0.5) is 10.5 Å². The number of urea groups is 1. The Morgan fingerprint density at radius 1 is 0.925 bits per heavy atom. The smallest absolute Gasteiger partial charge is 0.337 e. The van der Waals surface area contributed by atoms with Crippen molar-refractivity contribution in [3.05, 3.63) is 131 Å². The number of nitrogens with zero attached hydrogens (tertiary/aromatic N) is 4. The van der Waals surface area contributed by atoms with Crippen LogP contribution >= 0.6 is 0 Å². The average molecular weight is 532 g/mol. The van der Waals surface area contributed by atoms with E-state index in [9.17, 15) is 9.59 Å². The lowest BCUT2D eigenvalue weighted by molar-refractivity contribution is 0.0600. The van der Waals surface area contributed by atoms with Gasteiger partial charge in [-0.05, 0) is 61.9 Å². The van der Waals surface area contributed by atoms with E-state index < -0.39 is 5.97 Å². The Kier molecular flexibility index (Phi) is 6.43. The molecule has 1 aliphatic rings. The Labute approximate surface area is 232 Å². The van der Waals surface area contributed by atoms with Crippen molar-refractivity contribution in [1.29, 1.82) is 0 Å². The second-order valence-electron chi connectivity index (χ2n) is 9.89. The summed E-state index contributed by atoms with van der Waals surface area (Å²) in [6, 6.07) is 28.4. The van der Waals surface area contributed by atoms with E-state index in [1.165, 1.54) is 7.11 Å². The lowest BCUT2D eigenvalue weighted by atomic mass is 10.00. The Bertz CT molecular complexity index is 1720. The lowest BCUT2D eigenvalue weighted by Crippen LogP contribution is -2.38. The van der Waals surface area contributed by atoms with Crippen molar-refractivity contribution in [3.8, 4) is 11.5 Å². The maximum absolute atomic E-state index is 14.1. The molecule has 0 fully saturated rings. The van der Waals surface area contributed by atoms with Gasteiger partial charge in [0.2, 0.25) is 0 Å². The monoisotopic (exact) mass is 531 g/mol. The number of aryl methyl sites for hydroxylation is 2. The minimum Gasteiger partial charge on any atom is -0.465 e. The fourth-order valence-electron chi connectivity index (χ4n) is 5.38. The first-order valence-corrected chi connectivity index (χ1v) is 13.1. The average Bonchev–Trinajstić information content (AvgIpc) is 3.53. The van der Waals surface area contributed by atoms with Crippen molar-refractivity contribution in [2.75, 3.05) is 12.4 Å². The fourth-order valence-corrected chi connectivity index (χ4v) is 5.38. The number of rotatable bonds is 4. The molecule has 0 radical (unpaired) electrons. The second kappa shape index (κ2) is 10.2. The van der Waals surface area contributed by atoms with E-state index in [-0.39, 0.29) is 12.1 Å². The van der Waals surface area contributed by atoms with Crippen LogP contribution in [0.1, 0.15) is 44.5 Å². The quantitative estimate of drug-likeness (QED) is 0.280. The molecule has 200 valence electrons. The van der Waals surface area contributed by atoms with Crippen molar-refractivity contribution in [1.82, 2.24) is 19.2 Å². The molecule has 0 aliphatic carbocycles. The number of amides is 2. The maximum Gasteiger partial charge on any atom is 0.337 e. The molecule has 2 amide bonds. The molecule has 1 N–H and O–H groups in total. The standard InChI is InChI=1S/C32H29N5O3/c1-21-10-7-11-23(18-21)29-28-16-9-17-35(28)30-27(22(2)34-37(30)26-14-5-4-6-15-26)20-36(29)32(39)33-25-13-8-12-24(19-25)31(38)40-3/h4-19,29H,20H2,1-3H3,(H,33,39)/t29-/m1/s1. The van der Waals surface area contributed by atoms with E-state index in [1.807, 2.05) is 78.2 Å². The van der Waals surface area contributed by atoms with Crippen LogP contribution in [0.2, 0.25) is 0 Å². The summed E-state index contributed by atoms with van der Waals surface area (Å²) in [4.78, 5) is 28.1. The molecule has 2 aromatic heterocycles. The van der Waals surface area contributed by atoms with Crippen molar-refractivity contribution in [2.45, 2.75) is 26.4 Å². The minimum absolute atomic E-state index is 0.291. The van der Waals surface area contributed by atoms with Crippen molar-refractivity contribution < 1.29 is 14.3 Å². The van der Waals surface area contributed by atoms with Crippen molar-refractivity contribution in [3.63, 3.8) is 0 Å². The Balaban J connectivity index is 1.50. The predicted octanol–water partition coefficient (Wildman–Crippen LogP) is 6.20. The highest BCUT2D eigenvalue weighted by atomic mass is 16.5. The van der Waals surface area contributed by atoms with E-state index >= 15 is 0 Å². The van der Waals surface area contributed by atoms with Crippen LogP contribution in [0.3, 0.4) is 0 Å². The Morgan fingerprint density at radius 2 is 1.73 bits per heavy atom. The van der Waals surface area contributed by atoms with E-state index in [0.717, 1.165) is 39.6 Å². The molecule has 0 spiro atoms. The van der Waals surface area contributed by atoms with Gasteiger partial charge in [-0.15, -0.1) is 0 Å². The highest BCUT2D eigenvalue weighted by Gasteiger charge is 2.36. The number of methoxy groups -OCH3 is 1. The molecule has 0 bridgehead atoms. The molecule has 3 aromatic carbocycles. The predicted molar refractivity (Wildman–Crippen MR) is 153 cm³/mol. The number of carbonyl (C=O) groups is 2. The normalized spacial score (nSPS) is 14.2. The number of benzene rings is 3. The summed E-state index contributed by atoms with van der Waals surface area (Å²) in [5.74, 6) is 0.444. The largest absolute Gasteiger partial charge is 0.465 e. The van der Waals surface area contributed by atoms with Gasteiger partial charge >= 0.3 is 12.0 Å². The number of para-hydroxylation sites is 1. The lowest BCUT2D eigenvalue weighted by Gasteiger charge is -2.31. The maximum atomic E-state index is 14.1. The van der Waals surface area contributed by atoms with Crippen LogP contribution in [0.15, 0.2) is 97.2 Å². The highest BCUT2D eigenvalue weighted by Crippen LogP contribution is 2.39. The molecule has 5 aromatic rings. The summed E-state index contributed by atoms with van der Waals surface area (Å²) < 4.78 is 8.95. The van der Waals surface area contributed by atoms with Crippen LogP contribution in [0.5, 0.6) is 0 Å². The van der Waals surface area contributed by atoms with Crippen LogP contribution in [0, 0.1) is 13.8 Å². The summed E-state index contributed by atoms with van der Waals surface area (Å²) in [6.07, 6.45) is 2.03. The third kappa shape index (κ3) is 4.43. The third-order valence-electron chi connectivity index (χ3n) is 7.24. The van der Waals surface area contributed by atoms with Gasteiger partial charge in [-0.2, -0.15) is 5.10 Å². The summed E-state index contributed by atoms with van der Waals surface area (Å²) in [6.45, 7) is 4.36. The number of aromatic nitrogens is 3.